The highest BCUT2D eigenvalue weighted by molar-refractivity contribution is 8.00. The summed E-state index contributed by atoms with van der Waals surface area (Å²) in [6, 6.07) is 15.6. The van der Waals surface area contributed by atoms with Crippen LogP contribution in [-0.2, 0) is 9.16 Å². The number of thioether (sulfide) groups is 1. The molecule has 0 spiro atoms. The number of fused-ring (bicyclic) bond motifs is 2. The maximum atomic E-state index is 10.8. The minimum Gasteiger partial charge on any atom is -0.457 e. The molecule has 0 aromatic heterocycles. The average Bonchev–Trinajstić information content (AvgIpc) is 2.77. The fourth-order valence-corrected chi connectivity index (χ4v) is 6.31. The van der Waals surface area contributed by atoms with Crippen molar-refractivity contribution >= 4 is 20.1 Å². The minimum atomic E-state index is -2.08. The van der Waals surface area contributed by atoms with Crippen molar-refractivity contribution < 1.29 is 29.2 Å². The number of ether oxygens (including phenoxy) is 2. The number of aliphatic hydroxyl groups excluding tert-OH is 3. The minimum absolute atomic E-state index is 0.00835. The lowest BCUT2D eigenvalue weighted by Crippen LogP contribution is -2.58. The molecular formula is C25H34O6SSi. The molecule has 3 N–H and O–H groups in total. The van der Waals surface area contributed by atoms with Crippen LogP contribution in [0.25, 0.3) is 0 Å². The van der Waals surface area contributed by atoms with E-state index in [9.17, 15) is 15.3 Å². The van der Waals surface area contributed by atoms with E-state index in [0.29, 0.717) is 0 Å². The first kappa shape index (κ1) is 24.7. The molecule has 8 heteroatoms. The van der Waals surface area contributed by atoms with Gasteiger partial charge < -0.3 is 29.2 Å². The molecule has 180 valence electrons. The van der Waals surface area contributed by atoms with Gasteiger partial charge in [-0.3, -0.25) is 0 Å². The van der Waals surface area contributed by atoms with Crippen LogP contribution in [0.5, 0.6) is 11.5 Å². The van der Waals surface area contributed by atoms with E-state index in [1.165, 1.54) is 11.8 Å². The van der Waals surface area contributed by atoms with Gasteiger partial charge in [0.25, 0.3) is 0 Å². The van der Waals surface area contributed by atoms with Crippen LogP contribution >= 0.6 is 11.8 Å². The van der Waals surface area contributed by atoms with E-state index in [1.807, 2.05) is 48.5 Å². The van der Waals surface area contributed by atoms with Gasteiger partial charge in [-0.1, -0.05) is 57.2 Å². The molecule has 5 atom stereocenters. The molecule has 0 bridgehead atoms. The van der Waals surface area contributed by atoms with E-state index < -0.39 is 38.2 Å². The van der Waals surface area contributed by atoms with Gasteiger partial charge in [0.2, 0.25) is 0 Å². The Labute approximate surface area is 201 Å². The highest BCUT2D eigenvalue weighted by Gasteiger charge is 2.47. The molecule has 0 unspecified atom stereocenters. The summed E-state index contributed by atoms with van der Waals surface area (Å²) in [5.74, 6) is 1.52. The third-order valence-corrected chi connectivity index (χ3v) is 12.9. The van der Waals surface area contributed by atoms with Crippen LogP contribution in [0.2, 0.25) is 18.1 Å². The highest BCUT2D eigenvalue weighted by Crippen LogP contribution is 2.51. The van der Waals surface area contributed by atoms with Gasteiger partial charge in [-0.15, -0.1) is 11.8 Å². The largest absolute Gasteiger partial charge is 0.457 e. The maximum absolute atomic E-state index is 10.8. The number of aliphatic hydroxyl groups is 3. The van der Waals surface area contributed by atoms with Crippen molar-refractivity contribution in [2.24, 2.45) is 0 Å². The van der Waals surface area contributed by atoms with Crippen LogP contribution < -0.4 is 4.74 Å². The van der Waals surface area contributed by atoms with Crippen LogP contribution in [0.4, 0.5) is 0 Å². The third kappa shape index (κ3) is 4.88. The predicted octanol–water partition coefficient (Wildman–Crippen LogP) is 4.44. The average molecular weight is 491 g/mol. The molecule has 2 aliphatic rings. The smallest absolute Gasteiger partial charge is 0.192 e. The number of hydrogen-bond donors (Lipinski definition) is 3. The lowest BCUT2D eigenvalue weighted by Gasteiger charge is -2.44. The standard InChI is InChI=1S/C25H34O6SSi/c1-25(2,3)33(4,5)29-14-19-20(26)21(27)22(28)24(31-19)32-23-15-10-6-8-12-17(15)30-18-13-9-7-11-16(18)23/h6-13,19-24,26-28H,14H2,1-5H3/t19-,20-,21+,22-,24+/m1/s1. The summed E-state index contributed by atoms with van der Waals surface area (Å²) >= 11 is 1.42. The Hall–Kier alpha value is -1.39. The summed E-state index contributed by atoms with van der Waals surface area (Å²) in [5, 5.41) is 31.9. The molecule has 0 saturated carbocycles. The normalized spacial score (nSPS) is 28.1. The first-order chi connectivity index (χ1) is 15.5. The SMILES string of the molecule is CC(C)(C)[Si](C)(C)OC[C@H]1O[C@@H](SC2c3ccccc3Oc3ccccc32)[C@H](O)[C@@H](O)[C@@H]1O. The molecule has 6 nitrogen and oxygen atoms in total. The van der Waals surface area contributed by atoms with E-state index in [-0.39, 0.29) is 16.9 Å². The Morgan fingerprint density at radius 2 is 1.42 bits per heavy atom. The molecule has 2 aromatic rings. The van der Waals surface area contributed by atoms with Gasteiger partial charge in [0.1, 0.15) is 41.4 Å². The highest BCUT2D eigenvalue weighted by atomic mass is 32.2. The Morgan fingerprint density at radius 1 is 0.879 bits per heavy atom. The molecule has 2 aromatic carbocycles. The summed E-state index contributed by atoms with van der Waals surface area (Å²) in [5.41, 5.74) is 1.21. The topological polar surface area (TPSA) is 88.4 Å². The van der Waals surface area contributed by atoms with Crippen molar-refractivity contribution in [2.75, 3.05) is 6.61 Å². The maximum Gasteiger partial charge on any atom is 0.192 e. The molecule has 0 aliphatic carbocycles. The molecule has 33 heavy (non-hydrogen) atoms. The fraction of sp³-hybridized carbons (Fsp3) is 0.520. The van der Waals surface area contributed by atoms with E-state index in [0.717, 1.165) is 22.6 Å². The van der Waals surface area contributed by atoms with Crippen LogP contribution in [-0.4, -0.2) is 60.1 Å². The second kappa shape index (κ2) is 9.34. The van der Waals surface area contributed by atoms with E-state index in [1.54, 1.807) is 0 Å². The van der Waals surface area contributed by atoms with E-state index in [4.69, 9.17) is 13.9 Å². The summed E-state index contributed by atoms with van der Waals surface area (Å²) in [4.78, 5) is 0. The number of rotatable bonds is 5. The molecule has 1 saturated heterocycles. The van der Waals surface area contributed by atoms with Gasteiger partial charge in [0.05, 0.1) is 11.9 Å². The Bertz CT molecular complexity index is 932. The molecule has 0 radical (unpaired) electrons. The zero-order valence-electron chi connectivity index (χ0n) is 19.8. The van der Waals surface area contributed by atoms with Crippen molar-refractivity contribution in [3.8, 4) is 11.5 Å². The van der Waals surface area contributed by atoms with Crippen molar-refractivity contribution in [3.05, 3.63) is 59.7 Å². The molecule has 4 rings (SSSR count). The van der Waals surface area contributed by atoms with Gasteiger partial charge in [0, 0.05) is 11.1 Å². The number of para-hydroxylation sites is 2. The molecule has 1 fully saturated rings. The summed E-state index contributed by atoms with van der Waals surface area (Å²) in [7, 11) is -2.08. The molecule has 0 amide bonds. The second-order valence-corrected chi connectivity index (χ2v) is 16.3. The van der Waals surface area contributed by atoms with Crippen molar-refractivity contribution in [2.45, 2.75) is 74.0 Å². The molecular weight excluding hydrogens is 456 g/mol. The summed E-state index contributed by atoms with van der Waals surface area (Å²) in [6.07, 6.45) is -4.53. The number of hydrogen-bond acceptors (Lipinski definition) is 7. The zero-order valence-corrected chi connectivity index (χ0v) is 21.6. The van der Waals surface area contributed by atoms with E-state index >= 15 is 0 Å². The third-order valence-electron chi connectivity index (χ3n) is 6.98. The Kier molecular flexibility index (Phi) is 6.99. The summed E-state index contributed by atoms with van der Waals surface area (Å²) < 4.78 is 18.5. The van der Waals surface area contributed by atoms with Crippen molar-refractivity contribution in [1.29, 1.82) is 0 Å². The predicted molar refractivity (Wildman–Crippen MR) is 132 cm³/mol. The number of benzene rings is 2. The quantitative estimate of drug-likeness (QED) is 0.534. The first-order valence-electron chi connectivity index (χ1n) is 11.3. The van der Waals surface area contributed by atoms with Gasteiger partial charge in [-0.25, -0.2) is 0 Å². The van der Waals surface area contributed by atoms with Gasteiger partial charge in [0.15, 0.2) is 8.32 Å². The zero-order chi connectivity index (χ0) is 24.0. The van der Waals surface area contributed by atoms with E-state index in [2.05, 4.69) is 33.9 Å². The van der Waals surface area contributed by atoms with Crippen molar-refractivity contribution in [3.63, 3.8) is 0 Å². The Balaban J connectivity index is 1.57. The van der Waals surface area contributed by atoms with Gasteiger partial charge in [-0.2, -0.15) is 0 Å². The van der Waals surface area contributed by atoms with Crippen LogP contribution in [0.1, 0.15) is 37.1 Å². The van der Waals surface area contributed by atoms with Crippen LogP contribution in [0.3, 0.4) is 0 Å². The second-order valence-electron chi connectivity index (χ2n) is 10.3. The molecule has 2 aliphatic heterocycles. The van der Waals surface area contributed by atoms with Gasteiger partial charge in [-0.05, 0) is 30.3 Å². The summed E-state index contributed by atoms with van der Waals surface area (Å²) in [6.45, 7) is 10.9. The van der Waals surface area contributed by atoms with Crippen LogP contribution in [0.15, 0.2) is 48.5 Å². The van der Waals surface area contributed by atoms with Gasteiger partial charge >= 0.3 is 0 Å². The monoisotopic (exact) mass is 490 g/mol. The van der Waals surface area contributed by atoms with Crippen molar-refractivity contribution in [1.82, 2.24) is 0 Å². The lowest BCUT2D eigenvalue weighted by molar-refractivity contribution is -0.204. The first-order valence-corrected chi connectivity index (χ1v) is 15.2. The van der Waals surface area contributed by atoms with Crippen LogP contribution in [0, 0.1) is 0 Å². The lowest BCUT2D eigenvalue weighted by atomic mass is 10.00. The molecule has 2 heterocycles. The Morgan fingerprint density at radius 3 is 1.97 bits per heavy atom. The fourth-order valence-electron chi connectivity index (χ4n) is 3.82.